The van der Waals surface area contributed by atoms with E-state index in [9.17, 15) is 0 Å². The maximum absolute atomic E-state index is 8.49. The van der Waals surface area contributed by atoms with Gasteiger partial charge in [-0.2, -0.15) is 0 Å². The second-order valence-electron chi connectivity index (χ2n) is 5.52. The summed E-state index contributed by atoms with van der Waals surface area (Å²) in [4.78, 5) is 0. The SMILES string of the molecule is CC(C)(C)c1ccc([I+]c2ccccc2)cc1.[O-][Cl+3]([O-])([O-])[O-]. The lowest BCUT2D eigenvalue weighted by Crippen LogP contribution is -3.61. The molecule has 0 atom stereocenters. The van der Waals surface area contributed by atoms with Gasteiger partial charge in [-0.25, -0.2) is 18.6 Å². The Kier molecular flexibility index (Phi) is 7.24. The molecule has 0 saturated heterocycles. The third-order valence-corrected chi connectivity index (χ3v) is 5.35. The molecule has 2 rings (SSSR count). The molecule has 0 saturated carbocycles. The van der Waals surface area contributed by atoms with E-state index in [2.05, 4.69) is 75.4 Å². The third kappa shape index (κ3) is 8.67. The minimum atomic E-state index is -4.94. The summed E-state index contributed by atoms with van der Waals surface area (Å²) in [6, 6.07) is 19.9. The van der Waals surface area contributed by atoms with Crippen LogP contribution in [0.2, 0.25) is 0 Å². The molecule has 0 aliphatic carbocycles. The molecule has 2 aromatic carbocycles. The Balaban J connectivity index is 0.000000422. The van der Waals surface area contributed by atoms with Crippen LogP contribution in [0.1, 0.15) is 26.3 Å². The summed E-state index contributed by atoms with van der Waals surface area (Å²) in [5, 5.41) is 0. The van der Waals surface area contributed by atoms with Gasteiger partial charge in [-0.05, 0) is 35.2 Å². The first-order valence-electron chi connectivity index (χ1n) is 6.48. The fourth-order valence-electron chi connectivity index (χ4n) is 1.62. The Bertz CT molecular complexity index is 553. The molecule has 6 heteroatoms. The maximum Gasteiger partial charge on any atom is 0.357 e. The zero-order valence-electron chi connectivity index (χ0n) is 12.6. The average Bonchev–Trinajstić information content (AvgIpc) is 2.37. The van der Waals surface area contributed by atoms with E-state index in [1.165, 1.54) is 12.7 Å². The topological polar surface area (TPSA) is 92.2 Å². The van der Waals surface area contributed by atoms with Crippen LogP contribution in [0.15, 0.2) is 54.6 Å². The summed E-state index contributed by atoms with van der Waals surface area (Å²) in [6.07, 6.45) is 0. The van der Waals surface area contributed by atoms with E-state index in [4.69, 9.17) is 18.6 Å². The highest BCUT2D eigenvalue weighted by Crippen LogP contribution is 2.20. The zero-order chi connectivity index (χ0) is 16.8. The zero-order valence-corrected chi connectivity index (χ0v) is 15.5. The van der Waals surface area contributed by atoms with Crippen LogP contribution in [-0.4, -0.2) is 0 Å². The van der Waals surface area contributed by atoms with Gasteiger partial charge in [-0.3, -0.25) is 0 Å². The second-order valence-corrected chi connectivity index (χ2v) is 9.31. The molecule has 0 fully saturated rings. The maximum atomic E-state index is 8.49. The van der Waals surface area contributed by atoms with Crippen LogP contribution in [0.4, 0.5) is 0 Å². The molecule has 0 heterocycles. The number of halogens is 2. The van der Waals surface area contributed by atoms with Crippen LogP contribution in [0.3, 0.4) is 0 Å². The van der Waals surface area contributed by atoms with Crippen LogP contribution in [0.5, 0.6) is 0 Å². The predicted molar refractivity (Wildman–Crippen MR) is 69.0 cm³/mol. The van der Waals surface area contributed by atoms with Crippen molar-refractivity contribution in [3.63, 3.8) is 0 Å². The van der Waals surface area contributed by atoms with Gasteiger partial charge in [-0.1, -0.05) is 51.1 Å². The summed E-state index contributed by atoms with van der Waals surface area (Å²) >= 11 is -0.0208. The fraction of sp³-hybridized carbons (Fsp3) is 0.250. The highest BCUT2D eigenvalue weighted by Gasteiger charge is 2.17. The van der Waals surface area contributed by atoms with Crippen molar-refractivity contribution in [3.8, 4) is 0 Å². The Morgan fingerprint density at radius 3 is 1.55 bits per heavy atom. The van der Waals surface area contributed by atoms with E-state index in [1.54, 1.807) is 0 Å². The van der Waals surface area contributed by atoms with E-state index >= 15 is 0 Å². The molecule has 0 aliphatic rings. The molecule has 120 valence electrons. The van der Waals surface area contributed by atoms with E-state index in [0.717, 1.165) is 0 Å². The van der Waals surface area contributed by atoms with Gasteiger partial charge in [0, 0.05) is 0 Å². The molecule has 0 aliphatic heterocycles. The van der Waals surface area contributed by atoms with Crippen molar-refractivity contribution in [2.45, 2.75) is 26.2 Å². The van der Waals surface area contributed by atoms with E-state index < -0.39 is 10.2 Å². The monoisotopic (exact) mass is 436 g/mol. The van der Waals surface area contributed by atoms with Crippen molar-refractivity contribution in [1.29, 1.82) is 0 Å². The third-order valence-electron chi connectivity index (χ3n) is 2.66. The van der Waals surface area contributed by atoms with Gasteiger partial charge in [0.05, 0.1) is 0 Å². The van der Waals surface area contributed by atoms with E-state index in [0.29, 0.717) is 0 Å². The molecule has 0 radical (unpaired) electrons. The van der Waals surface area contributed by atoms with Crippen LogP contribution >= 0.6 is 0 Å². The second kappa shape index (κ2) is 8.24. The van der Waals surface area contributed by atoms with Crippen LogP contribution in [0.25, 0.3) is 0 Å². The molecule has 2 aromatic rings. The number of hydrogen-bond acceptors (Lipinski definition) is 4. The molecular weight excluding hydrogens is 419 g/mol. The van der Waals surface area contributed by atoms with Crippen molar-refractivity contribution < 1.29 is 50.1 Å². The summed E-state index contributed by atoms with van der Waals surface area (Å²) in [7, 11) is -4.94. The summed E-state index contributed by atoms with van der Waals surface area (Å²) in [5.74, 6) is 0. The van der Waals surface area contributed by atoms with Gasteiger partial charge >= 0.3 is 21.2 Å². The Morgan fingerprint density at radius 2 is 1.14 bits per heavy atom. The molecule has 0 unspecified atom stereocenters. The molecular formula is C16H18ClIO4. The van der Waals surface area contributed by atoms with Crippen molar-refractivity contribution in [2.24, 2.45) is 0 Å². The number of benzene rings is 2. The minimum absolute atomic E-state index is 0.0208. The van der Waals surface area contributed by atoms with E-state index in [-0.39, 0.29) is 26.6 Å². The number of hydrogen-bond donors (Lipinski definition) is 0. The van der Waals surface area contributed by atoms with Crippen molar-refractivity contribution in [2.75, 3.05) is 0 Å². The first kappa shape index (κ1) is 19.3. The van der Waals surface area contributed by atoms with Gasteiger partial charge in [0.1, 0.15) is 0 Å². The molecule has 4 nitrogen and oxygen atoms in total. The molecule has 22 heavy (non-hydrogen) atoms. The van der Waals surface area contributed by atoms with Gasteiger partial charge in [0.15, 0.2) is 7.14 Å². The molecule has 0 bridgehead atoms. The quantitative estimate of drug-likeness (QED) is 0.454. The minimum Gasteiger partial charge on any atom is -0.222 e. The van der Waals surface area contributed by atoms with Crippen molar-refractivity contribution >= 4 is 0 Å². The highest BCUT2D eigenvalue weighted by atomic mass is 127. The van der Waals surface area contributed by atoms with Gasteiger partial charge < -0.3 is 0 Å². The molecule has 0 N–H and O–H groups in total. The summed E-state index contributed by atoms with van der Waals surface area (Å²) in [6.45, 7) is 6.77. The van der Waals surface area contributed by atoms with Gasteiger partial charge in [-0.15, -0.1) is 10.2 Å². The van der Waals surface area contributed by atoms with Crippen LogP contribution in [0, 0.1) is 17.4 Å². The largest absolute Gasteiger partial charge is 0.357 e. The van der Waals surface area contributed by atoms with Gasteiger partial charge in [0.2, 0.25) is 0 Å². The number of rotatable bonds is 2. The van der Waals surface area contributed by atoms with Crippen molar-refractivity contribution in [3.05, 3.63) is 67.3 Å². The van der Waals surface area contributed by atoms with Crippen LogP contribution in [-0.2, 0) is 5.41 Å². The molecule has 0 aromatic heterocycles. The fourth-order valence-corrected chi connectivity index (χ4v) is 3.83. The lowest BCUT2D eigenvalue weighted by molar-refractivity contribution is -2.00. The lowest BCUT2D eigenvalue weighted by atomic mass is 9.87. The predicted octanol–water partition coefficient (Wildman–Crippen LogP) is -3.64. The van der Waals surface area contributed by atoms with Crippen molar-refractivity contribution in [1.82, 2.24) is 0 Å². The summed E-state index contributed by atoms with van der Waals surface area (Å²) in [5.41, 5.74) is 1.67. The summed E-state index contributed by atoms with van der Waals surface area (Å²) < 4.78 is 36.9. The van der Waals surface area contributed by atoms with Gasteiger partial charge in [0.25, 0.3) is 0 Å². The van der Waals surface area contributed by atoms with Crippen LogP contribution < -0.4 is 39.8 Å². The average molecular weight is 437 g/mol. The Labute approximate surface area is 143 Å². The lowest BCUT2D eigenvalue weighted by Gasteiger charge is -2.18. The standard InChI is InChI=1S/C16H18I.ClHO4/c1-16(2,3)13-9-11-15(12-10-13)17-14-7-5-4-6-8-14;2-1(3,4)5/h4-12H,1-3H3;(H,2,3,4,5)/q+1;/p-1. The molecule has 0 amide bonds. The Morgan fingerprint density at radius 1 is 0.727 bits per heavy atom. The van der Waals surface area contributed by atoms with E-state index in [1.807, 2.05) is 0 Å². The smallest absolute Gasteiger partial charge is 0.222 e. The Hall–Kier alpha value is -0.700. The highest BCUT2D eigenvalue weighted by molar-refractivity contribution is 5.22. The molecule has 0 spiro atoms. The first-order chi connectivity index (χ1) is 10.1. The first-order valence-corrected chi connectivity index (χ1v) is 9.87. The normalized spacial score (nSPS) is 11.6.